The second-order valence-electron chi connectivity index (χ2n) is 5.11. The smallest absolute Gasteiger partial charge is 0.267 e. The van der Waals surface area contributed by atoms with Gasteiger partial charge in [-0.05, 0) is 55.3 Å². The molecule has 2 aromatic rings. The number of carbonyl (C=O) groups excluding carboxylic acids is 1. The molecule has 2 aromatic heterocycles. The number of H-pyrrole nitrogens is 1. The molecule has 0 saturated heterocycles. The highest BCUT2D eigenvalue weighted by atomic mass is 32.2. The molecule has 0 aromatic carbocycles. The molecule has 1 aliphatic rings. The van der Waals surface area contributed by atoms with E-state index in [2.05, 4.69) is 26.1 Å². The fraction of sp³-hybridized carbons (Fsp3) is 0.400. The number of hydrogen-bond acceptors (Lipinski definition) is 4. The maximum absolute atomic E-state index is 11.9. The van der Waals surface area contributed by atoms with Crippen molar-refractivity contribution in [2.24, 2.45) is 0 Å². The van der Waals surface area contributed by atoms with Crippen molar-refractivity contribution in [3.8, 4) is 0 Å². The van der Waals surface area contributed by atoms with Crippen LogP contribution in [0.2, 0.25) is 0 Å². The van der Waals surface area contributed by atoms with Crippen LogP contribution in [-0.2, 0) is 13.0 Å². The molecule has 0 aliphatic carbocycles. The summed E-state index contributed by atoms with van der Waals surface area (Å²) in [6, 6.07) is 4.17. The predicted octanol–water partition coefficient (Wildman–Crippen LogP) is 3.20. The zero-order chi connectivity index (χ0) is 14.8. The molecular formula is C15H19N3OS2. The molecular weight excluding hydrogens is 302 g/mol. The van der Waals surface area contributed by atoms with Gasteiger partial charge in [-0.1, -0.05) is 0 Å². The van der Waals surface area contributed by atoms with Crippen LogP contribution in [0.4, 0.5) is 0 Å². The number of hydrogen-bond donors (Lipinski definition) is 2. The SMILES string of the molecule is CCNC(=O)c1cc(SN2CCc3sccc3C2)c(C)[nH]1. The van der Waals surface area contributed by atoms with Crippen LogP contribution in [0.3, 0.4) is 0 Å². The first kappa shape index (κ1) is 14.7. The predicted molar refractivity (Wildman–Crippen MR) is 87.8 cm³/mol. The van der Waals surface area contributed by atoms with Gasteiger partial charge in [0.2, 0.25) is 0 Å². The lowest BCUT2D eigenvalue weighted by molar-refractivity contribution is 0.0951. The van der Waals surface area contributed by atoms with E-state index in [1.807, 2.05) is 31.3 Å². The molecule has 2 N–H and O–H groups in total. The maximum atomic E-state index is 11.9. The van der Waals surface area contributed by atoms with Crippen molar-refractivity contribution >= 4 is 29.2 Å². The standard InChI is InChI=1S/C15H19N3OS2/c1-3-16-15(19)12-8-14(10(2)17-12)21-18-6-4-13-11(9-18)5-7-20-13/h5,7-8,17H,3-4,6,9H2,1-2H3,(H,16,19). The number of nitrogens with zero attached hydrogens (tertiary/aromatic N) is 1. The molecule has 112 valence electrons. The lowest BCUT2D eigenvalue weighted by atomic mass is 10.1. The van der Waals surface area contributed by atoms with E-state index < -0.39 is 0 Å². The molecule has 4 nitrogen and oxygen atoms in total. The zero-order valence-corrected chi connectivity index (χ0v) is 13.9. The van der Waals surface area contributed by atoms with Crippen LogP contribution in [0.5, 0.6) is 0 Å². The molecule has 3 rings (SSSR count). The van der Waals surface area contributed by atoms with Gasteiger partial charge in [-0.2, -0.15) is 0 Å². The second-order valence-corrected chi connectivity index (χ2v) is 7.25. The largest absolute Gasteiger partial charge is 0.354 e. The summed E-state index contributed by atoms with van der Waals surface area (Å²) in [6.07, 6.45) is 1.12. The van der Waals surface area contributed by atoms with Crippen molar-refractivity contribution in [2.45, 2.75) is 31.7 Å². The number of rotatable bonds is 4. The minimum absolute atomic E-state index is 0.0359. The third kappa shape index (κ3) is 3.17. The lowest BCUT2D eigenvalue weighted by Crippen LogP contribution is -2.23. The number of aromatic nitrogens is 1. The number of aryl methyl sites for hydroxylation is 1. The van der Waals surface area contributed by atoms with Crippen molar-refractivity contribution in [2.75, 3.05) is 13.1 Å². The van der Waals surface area contributed by atoms with Crippen LogP contribution in [0.15, 0.2) is 22.4 Å². The van der Waals surface area contributed by atoms with Crippen molar-refractivity contribution in [3.05, 3.63) is 39.3 Å². The molecule has 1 amide bonds. The highest BCUT2D eigenvalue weighted by Gasteiger charge is 2.20. The quantitative estimate of drug-likeness (QED) is 0.850. The number of amides is 1. The van der Waals surface area contributed by atoms with Gasteiger partial charge < -0.3 is 10.3 Å². The molecule has 0 bridgehead atoms. The minimum atomic E-state index is -0.0359. The first-order valence-electron chi connectivity index (χ1n) is 7.13. The van der Waals surface area contributed by atoms with E-state index in [1.165, 1.54) is 10.4 Å². The molecule has 0 unspecified atom stereocenters. The highest BCUT2D eigenvalue weighted by molar-refractivity contribution is 7.97. The highest BCUT2D eigenvalue weighted by Crippen LogP contribution is 2.33. The fourth-order valence-electron chi connectivity index (χ4n) is 2.45. The number of aromatic amines is 1. The molecule has 6 heteroatoms. The molecule has 0 radical (unpaired) electrons. The molecule has 0 fully saturated rings. The Morgan fingerprint density at radius 2 is 2.43 bits per heavy atom. The Balaban J connectivity index is 1.70. The van der Waals surface area contributed by atoms with Gasteiger partial charge in [0.05, 0.1) is 0 Å². The van der Waals surface area contributed by atoms with Crippen LogP contribution in [-0.4, -0.2) is 28.3 Å². The van der Waals surface area contributed by atoms with Gasteiger partial charge >= 0.3 is 0 Å². The van der Waals surface area contributed by atoms with Crippen LogP contribution in [0.1, 0.15) is 33.5 Å². The molecule has 0 spiro atoms. The van der Waals surface area contributed by atoms with E-state index >= 15 is 0 Å². The number of fused-ring (bicyclic) bond motifs is 1. The fourth-order valence-corrected chi connectivity index (χ4v) is 4.36. The summed E-state index contributed by atoms with van der Waals surface area (Å²) in [5.41, 5.74) is 3.14. The Bertz CT molecular complexity index is 647. The molecule has 21 heavy (non-hydrogen) atoms. The van der Waals surface area contributed by atoms with Crippen LogP contribution < -0.4 is 5.32 Å². The summed E-state index contributed by atoms with van der Waals surface area (Å²) in [5.74, 6) is -0.0359. The van der Waals surface area contributed by atoms with Crippen molar-refractivity contribution in [1.29, 1.82) is 0 Å². The number of thiophene rings is 1. The van der Waals surface area contributed by atoms with E-state index in [4.69, 9.17) is 0 Å². The summed E-state index contributed by atoms with van der Waals surface area (Å²) in [5, 5.41) is 5.00. The molecule has 0 saturated carbocycles. The topological polar surface area (TPSA) is 48.1 Å². The monoisotopic (exact) mass is 321 g/mol. The van der Waals surface area contributed by atoms with Gasteiger partial charge in [-0.3, -0.25) is 4.79 Å². The van der Waals surface area contributed by atoms with Gasteiger partial charge in [-0.15, -0.1) is 11.3 Å². The average Bonchev–Trinajstić information content (AvgIpc) is 3.06. The minimum Gasteiger partial charge on any atom is -0.354 e. The van der Waals surface area contributed by atoms with E-state index in [-0.39, 0.29) is 5.91 Å². The Hall–Kier alpha value is -1.24. The van der Waals surface area contributed by atoms with Gasteiger partial charge in [-0.25, -0.2) is 4.31 Å². The van der Waals surface area contributed by atoms with Crippen molar-refractivity contribution in [1.82, 2.24) is 14.6 Å². The number of carbonyl (C=O) groups is 1. The summed E-state index contributed by atoms with van der Waals surface area (Å²) in [7, 11) is 0. The van der Waals surface area contributed by atoms with Crippen molar-refractivity contribution in [3.63, 3.8) is 0 Å². The molecule has 0 atom stereocenters. The van der Waals surface area contributed by atoms with Crippen LogP contribution in [0, 0.1) is 6.92 Å². The summed E-state index contributed by atoms with van der Waals surface area (Å²) >= 11 is 3.60. The zero-order valence-electron chi connectivity index (χ0n) is 12.2. The summed E-state index contributed by atoms with van der Waals surface area (Å²) in [4.78, 5) is 17.7. The lowest BCUT2D eigenvalue weighted by Gasteiger charge is -2.25. The summed E-state index contributed by atoms with van der Waals surface area (Å²) in [6.45, 7) is 6.62. The third-order valence-corrected chi connectivity index (χ3v) is 5.76. The van der Waals surface area contributed by atoms with E-state index in [1.54, 1.807) is 11.9 Å². The summed E-state index contributed by atoms with van der Waals surface area (Å²) < 4.78 is 2.37. The number of nitrogens with one attached hydrogen (secondary N) is 2. The Labute approximate surface area is 133 Å². The normalized spacial score (nSPS) is 15.0. The van der Waals surface area contributed by atoms with Gasteiger partial charge in [0.15, 0.2) is 0 Å². The average molecular weight is 321 g/mol. The molecule has 3 heterocycles. The Morgan fingerprint density at radius 3 is 3.24 bits per heavy atom. The van der Waals surface area contributed by atoms with Gasteiger partial charge in [0.1, 0.15) is 5.69 Å². The maximum Gasteiger partial charge on any atom is 0.267 e. The van der Waals surface area contributed by atoms with E-state index in [0.717, 1.165) is 30.1 Å². The second kappa shape index (κ2) is 6.25. The van der Waals surface area contributed by atoms with Gasteiger partial charge in [0.25, 0.3) is 5.91 Å². The van der Waals surface area contributed by atoms with Crippen LogP contribution >= 0.6 is 23.3 Å². The van der Waals surface area contributed by atoms with Crippen molar-refractivity contribution < 1.29 is 4.79 Å². The van der Waals surface area contributed by atoms with E-state index in [0.29, 0.717) is 12.2 Å². The van der Waals surface area contributed by atoms with Crippen LogP contribution in [0.25, 0.3) is 0 Å². The Kier molecular flexibility index (Phi) is 4.37. The third-order valence-electron chi connectivity index (χ3n) is 3.55. The first-order chi connectivity index (χ1) is 10.2. The Morgan fingerprint density at radius 1 is 1.57 bits per heavy atom. The van der Waals surface area contributed by atoms with E-state index in [9.17, 15) is 4.79 Å². The first-order valence-corrected chi connectivity index (χ1v) is 8.78. The van der Waals surface area contributed by atoms with Gasteiger partial charge in [0, 0.05) is 35.1 Å². The molecule has 1 aliphatic heterocycles.